The van der Waals surface area contributed by atoms with Crippen LogP contribution in [0.3, 0.4) is 0 Å². The third kappa shape index (κ3) is 5.51. The molecule has 0 atom stereocenters. The maximum absolute atomic E-state index is 12.7. The zero-order valence-corrected chi connectivity index (χ0v) is 17.9. The summed E-state index contributed by atoms with van der Waals surface area (Å²) in [5.74, 6) is 0.717. The number of hydrogen-bond donors (Lipinski definition) is 1. The Morgan fingerprint density at radius 3 is 2.63 bits per heavy atom. The standard InChI is InChI=1S/C22H25ClN4O3/c1-3-5-10-30-21-19(23)11-17(12-20(21)29-4-2)22(28)25-13-16-6-8-18(9-7-16)27-15-24-14-26-27/h6-9,11-12,14-15H,3-5,10,13H2,1-2H3,(H,25,28). The molecule has 2 aromatic carbocycles. The van der Waals surface area contributed by atoms with Gasteiger partial charge in [-0.3, -0.25) is 4.79 Å². The molecule has 0 saturated heterocycles. The van der Waals surface area contributed by atoms with Gasteiger partial charge in [0.25, 0.3) is 5.91 Å². The lowest BCUT2D eigenvalue weighted by Gasteiger charge is -2.15. The molecule has 158 valence electrons. The fourth-order valence-corrected chi connectivity index (χ4v) is 3.08. The molecular formula is C22H25ClN4O3. The van der Waals surface area contributed by atoms with Crippen molar-refractivity contribution in [3.05, 3.63) is 65.2 Å². The summed E-state index contributed by atoms with van der Waals surface area (Å²) < 4.78 is 13.1. The second kappa shape index (κ2) is 10.6. The van der Waals surface area contributed by atoms with Gasteiger partial charge in [0.05, 0.1) is 23.9 Å². The second-order valence-corrected chi connectivity index (χ2v) is 7.02. The zero-order chi connectivity index (χ0) is 21.3. The van der Waals surface area contributed by atoms with Crippen molar-refractivity contribution in [2.24, 2.45) is 0 Å². The Kier molecular flexibility index (Phi) is 7.68. The first-order valence-corrected chi connectivity index (χ1v) is 10.3. The normalized spacial score (nSPS) is 10.6. The Morgan fingerprint density at radius 2 is 1.97 bits per heavy atom. The van der Waals surface area contributed by atoms with Crippen molar-refractivity contribution in [3.8, 4) is 17.2 Å². The lowest BCUT2D eigenvalue weighted by atomic mass is 10.1. The van der Waals surface area contributed by atoms with Gasteiger partial charge in [0.1, 0.15) is 12.7 Å². The van der Waals surface area contributed by atoms with Crippen LogP contribution in [0.1, 0.15) is 42.6 Å². The van der Waals surface area contributed by atoms with Gasteiger partial charge in [0, 0.05) is 12.1 Å². The van der Waals surface area contributed by atoms with E-state index in [1.165, 1.54) is 6.33 Å². The quantitative estimate of drug-likeness (QED) is 0.483. The van der Waals surface area contributed by atoms with Crippen molar-refractivity contribution in [3.63, 3.8) is 0 Å². The van der Waals surface area contributed by atoms with Gasteiger partial charge in [-0.15, -0.1) is 0 Å². The maximum atomic E-state index is 12.7. The van der Waals surface area contributed by atoms with E-state index in [-0.39, 0.29) is 5.91 Å². The molecule has 30 heavy (non-hydrogen) atoms. The molecule has 1 heterocycles. The number of ether oxygens (including phenoxy) is 2. The molecule has 0 fully saturated rings. The van der Waals surface area contributed by atoms with Gasteiger partial charge in [0.2, 0.25) is 0 Å². The summed E-state index contributed by atoms with van der Waals surface area (Å²) in [6.45, 7) is 5.34. The minimum absolute atomic E-state index is 0.238. The highest BCUT2D eigenvalue weighted by molar-refractivity contribution is 6.32. The van der Waals surface area contributed by atoms with E-state index in [1.54, 1.807) is 23.1 Å². The van der Waals surface area contributed by atoms with Gasteiger partial charge >= 0.3 is 0 Å². The van der Waals surface area contributed by atoms with Crippen LogP contribution in [-0.2, 0) is 6.54 Å². The van der Waals surface area contributed by atoms with Crippen LogP contribution in [0.5, 0.6) is 11.5 Å². The van der Waals surface area contributed by atoms with Gasteiger partial charge < -0.3 is 14.8 Å². The summed E-state index contributed by atoms with van der Waals surface area (Å²) in [7, 11) is 0. The fraction of sp³-hybridized carbons (Fsp3) is 0.318. The number of benzene rings is 2. The first-order chi connectivity index (χ1) is 14.6. The van der Waals surface area contributed by atoms with E-state index >= 15 is 0 Å². The molecule has 0 aliphatic heterocycles. The van der Waals surface area contributed by atoms with Crippen LogP contribution in [0.4, 0.5) is 0 Å². The minimum Gasteiger partial charge on any atom is -0.490 e. The number of nitrogens with one attached hydrogen (secondary N) is 1. The van der Waals surface area contributed by atoms with Gasteiger partial charge in [-0.1, -0.05) is 37.1 Å². The van der Waals surface area contributed by atoms with Crippen molar-refractivity contribution in [2.45, 2.75) is 33.2 Å². The van der Waals surface area contributed by atoms with E-state index in [2.05, 4.69) is 22.3 Å². The highest BCUT2D eigenvalue weighted by Crippen LogP contribution is 2.37. The van der Waals surface area contributed by atoms with Crippen LogP contribution in [0.25, 0.3) is 5.69 Å². The maximum Gasteiger partial charge on any atom is 0.251 e. The first-order valence-electron chi connectivity index (χ1n) is 9.93. The predicted molar refractivity (Wildman–Crippen MR) is 116 cm³/mol. The molecule has 0 saturated carbocycles. The van der Waals surface area contributed by atoms with Gasteiger partial charge in [-0.05, 0) is 43.2 Å². The third-order valence-corrected chi connectivity index (χ3v) is 4.67. The molecular weight excluding hydrogens is 404 g/mol. The molecule has 1 aromatic heterocycles. The topological polar surface area (TPSA) is 78.3 Å². The molecule has 0 unspecified atom stereocenters. The Balaban J connectivity index is 1.67. The molecule has 0 aliphatic rings. The number of unbranched alkanes of at least 4 members (excludes halogenated alkanes) is 1. The van der Waals surface area contributed by atoms with Crippen LogP contribution in [0, 0.1) is 0 Å². The minimum atomic E-state index is -0.238. The number of rotatable bonds is 10. The van der Waals surface area contributed by atoms with Gasteiger partial charge in [-0.25, -0.2) is 9.67 Å². The lowest BCUT2D eigenvalue weighted by molar-refractivity contribution is 0.0950. The van der Waals surface area contributed by atoms with Crippen molar-refractivity contribution < 1.29 is 14.3 Å². The predicted octanol–water partition coefficient (Wildman–Crippen LogP) is 4.43. The highest BCUT2D eigenvalue weighted by atomic mass is 35.5. The number of nitrogens with zero attached hydrogens (tertiary/aromatic N) is 3. The smallest absolute Gasteiger partial charge is 0.251 e. The van der Waals surface area contributed by atoms with E-state index in [9.17, 15) is 4.79 Å². The van der Waals surface area contributed by atoms with Crippen LogP contribution in [0.2, 0.25) is 5.02 Å². The Morgan fingerprint density at radius 1 is 1.17 bits per heavy atom. The number of halogens is 1. The van der Waals surface area contributed by atoms with Crippen LogP contribution in [-0.4, -0.2) is 33.9 Å². The first kappa shape index (κ1) is 21.6. The summed E-state index contributed by atoms with van der Waals surface area (Å²) >= 11 is 6.38. The largest absolute Gasteiger partial charge is 0.490 e. The number of carbonyl (C=O) groups excluding carboxylic acids is 1. The molecule has 8 heteroatoms. The average molecular weight is 429 g/mol. The Bertz CT molecular complexity index is 959. The van der Waals surface area contributed by atoms with E-state index in [0.717, 1.165) is 24.1 Å². The van der Waals surface area contributed by atoms with Crippen molar-refractivity contribution in [1.82, 2.24) is 20.1 Å². The van der Waals surface area contributed by atoms with Crippen molar-refractivity contribution >= 4 is 17.5 Å². The molecule has 0 spiro atoms. The van der Waals surface area contributed by atoms with Gasteiger partial charge in [-0.2, -0.15) is 5.10 Å². The average Bonchev–Trinajstić information content (AvgIpc) is 3.29. The van der Waals surface area contributed by atoms with Crippen LogP contribution >= 0.6 is 11.6 Å². The van der Waals surface area contributed by atoms with Crippen molar-refractivity contribution in [2.75, 3.05) is 13.2 Å². The Labute approximate surface area is 181 Å². The van der Waals surface area contributed by atoms with E-state index in [0.29, 0.717) is 41.8 Å². The number of hydrogen-bond acceptors (Lipinski definition) is 5. The summed E-state index contributed by atoms with van der Waals surface area (Å²) in [5.41, 5.74) is 2.28. The molecule has 0 bridgehead atoms. The Hall–Kier alpha value is -3.06. The summed E-state index contributed by atoms with van der Waals surface area (Å²) in [6.07, 6.45) is 5.05. The monoisotopic (exact) mass is 428 g/mol. The molecule has 0 radical (unpaired) electrons. The summed E-state index contributed by atoms with van der Waals surface area (Å²) in [4.78, 5) is 16.6. The number of carbonyl (C=O) groups is 1. The molecule has 1 amide bonds. The van der Waals surface area contributed by atoms with E-state index < -0.39 is 0 Å². The van der Waals surface area contributed by atoms with Gasteiger partial charge in [0.15, 0.2) is 11.5 Å². The number of aromatic nitrogens is 3. The van der Waals surface area contributed by atoms with Crippen LogP contribution in [0.15, 0.2) is 49.1 Å². The van der Waals surface area contributed by atoms with E-state index in [1.807, 2.05) is 31.2 Å². The summed E-state index contributed by atoms with van der Waals surface area (Å²) in [5, 5.41) is 7.36. The molecule has 3 rings (SSSR count). The SMILES string of the molecule is CCCCOc1c(Cl)cc(C(=O)NCc2ccc(-n3cncn3)cc2)cc1OCC. The zero-order valence-electron chi connectivity index (χ0n) is 17.1. The van der Waals surface area contributed by atoms with Crippen molar-refractivity contribution in [1.29, 1.82) is 0 Å². The number of amides is 1. The molecule has 7 nitrogen and oxygen atoms in total. The highest BCUT2D eigenvalue weighted by Gasteiger charge is 2.16. The fourth-order valence-electron chi connectivity index (χ4n) is 2.81. The second-order valence-electron chi connectivity index (χ2n) is 6.61. The van der Waals surface area contributed by atoms with E-state index in [4.69, 9.17) is 21.1 Å². The third-order valence-electron chi connectivity index (χ3n) is 4.39. The summed E-state index contributed by atoms with van der Waals surface area (Å²) in [6, 6.07) is 11.0. The molecule has 0 aliphatic carbocycles. The molecule has 3 aromatic rings. The molecule has 1 N–H and O–H groups in total. The van der Waals surface area contributed by atoms with Crippen LogP contribution < -0.4 is 14.8 Å². The lowest BCUT2D eigenvalue weighted by Crippen LogP contribution is -2.23.